The lowest BCUT2D eigenvalue weighted by atomic mass is 10.0. The number of hydrogen-bond donors (Lipinski definition) is 1. The first-order valence-corrected chi connectivity index (χ1v) is 5.86. The fourth-order valence-corrected chi connectivity index (χ4v) is 1.68. The van der Waals surface area contributed by atoms with E-state index in [9.17, 15) is 13.2 Å². The second-order valence-electron chi connectivity index (χ2n) is 4.26. The van der Waals surface area contributed by atoms with E-state index in [4.69, 9.17) is 10.5 Å². The summed E-state index contributed by atoms with van der Waals surface area (Å²) in [6.07, 6.45) is -4.95. The number of alkyl halides is 3. The van der Waals surface area contributed by atoms with Gasteiger partial charge in [0, 0.05) is 13.0 Å². The molecule has 0 heterocycles. The Kier molecular flexibility index (Phi) is 5.62. The van der Waals surface area contributed by atoms with Gasteiger partial charge in [-0.15, -0.1) is 0 Å². The van der Waals surface area contributed by atoms with E-state index in [2.05, 4.69) is 0 Å². The van der Waals surface area contributed by atoms with Crippen molar-refractivity contribution in [3.05, 3.63) is 35.4 Å². The van der Waals surface area contributed by atoms with Crippen molar-refractivity contribution in [2.45, 2.75) is 32.0 Å². The van der Waals surface area contributed by atoms with Gasteiger partial charge in [-0.3, -0.25) is 0 Å². The van der Waals surface area contributed by atoms with Gasteiger partial charge in [-0.1, -0.05) is 24.3 Å². The van der Waals surface area contributed by atoms with Crippen molar-refractivity contribution < 1.29 is 17.9 Å². The Balaban J connectivity index is 2.26. The molecule has 102 valence electrons. The minimum atomic E-state index is -4.11. The van der Waals surface area contributed by atoms with E-state index in [1.807, 2.05) is 31.2 Å². The second-order valence-corrected chi connectivity index (χ2v) is 4.26. The first-order valence-electron chi connectivity index (χ1n) is 5.86. The lowest BCUT2D eigenvalue weighted by Gasteiger charge is -2.15. The van der Waals surface area contributed by atoms with Gasteiger partial charge in [-0.05, 0) is 24.5 Å². The predicted octanol–water partition coefficient (Wildman–Crippen LogP) is 3.35. The van der Waals surface area contributed by atoms with E-state index < -0.39 is 12.6 Å². The number of benzene rings is 1. The summed E-state index contributed by atoms with van der Waals surface area (Å²) in [5.41, 5.74) is 7.94. The maximum atomic E-state index is 11.9. The molecular weight excluding hydrogens is 243 g/mol. The minimum Gasteiger partial charge on any atom is -0.379 e. The zero-order valence-corrected chi connectivity index (χ0v) is 10.3. The molecule has 0 fully saturated rings. The van der Waals surface area contributed by atoms with E-state index in [-0.39, 0.29) is 25.7 Å². The van der Waals surface area contributed by atoms with Gasteiger partial charge < -0.3 is 10.5 Å². The molecule has 0 aliphatic carbocycles. The molecule has 2 N–H and O–H groups in total. The number of ether oxygens (including phenoxy) is 1. The van der Waals surface area contributed by atoms with Crippen LogP contribution < -0.4 is 5.73 Å². The summed E-state index contributed by atoms with van der Waals surface area (Å²) in [5.74, 6) is 0. The van der Waals surface area contributed by atoms with Crippen molar-refractivity contribution in [1.29, 1.82) is 0 Å². The van der Waals surface area contributed by atoms with Crippen LogP contribution in [-0.2, 0) is 4.74 Å². The molecule has 1 aromatic rings. The summed E-state index contributed by atoms with van der Waals surface area (Å²) in [6, 6.07) is 7.34. The van der Waals surface area contributed by atoms with Crippen LogP contribution >= 0.6 is 0 Å². The number of rotatable bonds is 6. The number of hydrogen-bond acceptors (Lipinski definition) is 2. The summed E-state index contributed by atoms with van der Waals surface area (Å²) >= 11 is 0. The van der Waals surface area contributed by atoms with Crippen molar-refractivity contribution in [3.63, 3.8) is 0 Å². The van der Waals surface area contributed by atoms with E-state index in [0.29, 0.717) is 0 Å². The highest BCUT2D eigenvalue weighted by Crippen LogP contribution is 2.21. The Morgan fingerprint density at radius 1 is 1.28 bits per heavy atom. The number of nitrogens with two attached hydrogens (primary N) is 1. The van der Waals surface area contributed by atoms with Crippen molar-refractivity contribution in [2.24, 2.45) is 5.73 Å². The van der Waals surface area contributed by atoms with Crippen molar-refractivity contribution in [3.8, 4) is 0 Å². The minimum absolute atomic E-state index is 0.0238. The van der Waals surface area contributed by atoms with E-state index in [1.165, 1.54) is 0 Å². The molecule has 2 nitrogen and oxygen atoms in total. The number of aryl methyl sites for hydroxylation is 1. The highest BCUT2D eigenvalue weighted by molar-refractivity contribution is 5.28. The zero-order valence-electron chi connectivity index (χ0n) is 10.3. The molecule has 0 spiro atoms. The molecule has 0 bridgehead atoms. The molecule has 0 saturated carbocycles. The molecule has 0 aromatic heterocycles. The SMILES string of the molecule is Cc1ccccc1C(N)COCCCC(F)(F)F. The molecule has 5 heteroatoms. The molecule has 1 atom stereocenters. The van der Waals surface area contributed by atoms with E-state index in [0.717, 1.165) is 11.1 Å². The van der Waals surface area contributed by atoms with Crippen LogP contribution in [-0.4, -0.2) is 19.4 Å². The molecule has 1 aromatic carbocycles. The Morgan fingerprint density at radius 2 is 1.94 bits per heavy atom. The quantitative estimate of drug-likeness (QED) is 0.797. The van der Waals surface area contributed by atoms with Gasteiger partial charge in [-0.2, -0.15) is 13.2 Å². The third-order valence-electron chi connectivity index (χ3n) is 2.63. The normalized spacial score (nSPS) is 13.6. The highest BCUT2D eigenvalue weighted by atomic mass is 19.4. The number of halogens is 3. The van der Waals surface area contributed by atoms with E-state index >= 15 is 0 Å². The maximum Gasteiger partial charge on any atom is 0.389 e. The summed E-state index contributed by atoms with van der Waals surface area (Å²) < 4.78 is 40.8. The third kappa shape index (κ3) is 5.51. The average molecular weight is 261 g/mol. The zero-order chi connectivity index (χ0) is 13.6. The van der Waals surface area contributed by atoms with Gasteiger partial charge in [0.25, 0.3) is 0 Å². The highest BCUT2D eigenvalue weighted by Gasteiger charge is 2.25. The van der Waals surface area contributed by atoms with Crippen LogP contribution in [0.2, 0.25) is 0 Å². The molecule has 1 unspecified atom stereocenters. The predicted molar refractivity (Wildman–Crippen MR) is 64.2 cm³/mol. The smallest absolute Gasteiger partial charge is 0.379 e. The first-order chi connectivity index (χ1) is 8.40. The molecule has 1 rings (SSSR count). The molecule has 0 aliphatic heterocycles. The summed E-state index contributed by atoms with van der Waals surface area (Å²) in [7, 11) is 0. The lowest BCUT2D eigenvalue weighted by Crippen LogP contribution is -2.19. The molecular formula is C13H18F3NO. The lowest BCUT2D eigenvalue weighted by molar-refractivity contribution is -0.137. The van der Waals surface area contributed by atoms with Gasteiger partial charge in [0.1, 0.15) is 0 Å². The Bertz CT molecular complexity index is 365. The fraction of sp³-hybridized carbons (Fsp3) is 0.538. The summed E-state index contributed by atoms with van der Waals surface area (Å²) in [6.45, 7) is 2.26. The summed E-state index contributed by atoms with van der Waals surface area (Å²) in [4.78, 5) is 0. The molecule has 0 amide bonds. The molecule has 0 aliphatic rings. The van der Waals surface area contributed by atoms with Crippen LogP contribution in [0.25, 0.3) is 0 Å². The van der Waals surface area contributed by atoms with Crippen LogP contribution in [0.3, 0.4) is 0 Å². The summed E-state index contributed by atoms with van der Waals surface area (Å²) in [5, 5.41) is 0. The Morgan fingerprint density at radius 3 is 2.56 bits per heavy atom. The Labute approximate surface area is 105 Å². The van der Waals surface area contributed by atoms with Gasteiger partial charge in [0.2, 0.25) is 0 Å². The average Bonchev–Trinajstić information content (AvgIpc) is 2.27. The molecule has 0 radical (unpaired) electrons. The first kappa shape index (κ1) is 15.0. The van der Waals surface area contributed by atoms with Crippen LogP contribution in [0.5, 0.6) is 0 Å². The van der Waals surface area contributed by atoms with Gasteiger partial charge in [0.15, 0.2) is 0 Å². The maximum absolute atomic E-state index is 11.9. The van der Waals surface area contributed by atoms with Gasteiger partial charge >= 0.3 is 6.18 Å². The van der Waals surface area contributed by atoms with E-state index in [1.54, 1.807) is 0 Å². The standard InChI is InChI=1S/C13H18F3NO/c1-10-5-2-3-6-11(10)12(17)9-18-8-4-7-13(14,15)16/h2-3,5-6,12H,4,7-9,17H2,1H3. The monoisotopic (exact) mass is 261 g/mol. The third-order valence-corrected chi connectivity index (χ3v) is 2.63. The second kappa shape index (κ2) is 6.75. The van der Waals surface area contributed by atoms with Crippen LogP contribution in [0.15, 0.2) is 24.3 Å². The van der Waals surface area contributed by atoms with Crippen LogP contribution in [0.4, 0.5) is 13.2 Å². The topological polar surface area (TPSA) is 35.2 Å². The van der Waals surface area contributed by atoms with Crippen LogP contribution in [0.1, 0.15) is 30.0 Å². The van der Waals surface area contributed by atoms with Crippen molar-refractivity contribution >= 4 is 0 Å². The Hall–Kier alpha value is -1.07. The van der Waals surface area contributed by atoms with Crippen LogP contribution in [0, 0.1) is 6.92 Å². The molecule has 0 saturated heterocycles. The van der Waals surface area contributed by atoms with Gasteiger partial charge in [0.05, 0.1) is 12.6 Å². The fourth-order valence-electron chi connectivity index (χ4n) is 1.68. The van der Waals surface area contributed by atoms with Crippen molar-refractivity contribution in [2.75, 3.05) is 13.2 Å². The molecule has 18 heavy (non-hydrogen) atoms. The van der Waals surface area contributed by atoms with Crippen molar-refractivity contribution in [1.82, 2.24) is 0 Å². The largest absolute Gasteiger partial charge is 0.389 e. The van der Waals surface area contributed by atoms with Gasteiger partial charge in [-0.25, -0.2) is 0 Å².